The van der Waals surface area contributed by atoms with Crippen molar-refractivity contribution in [1.82, 2.24) is 0 Å². The van der Waals surface area contributed by atoms with Gasteiger partial charge in [0.15, 0.2) is 21.5 Å². The third-order valence-electron chi connectivity index (χ3n) is 6.85. The molecule has 0 radical (unpaired) electrons. The lowest BCUT2D eigenvalue weighted by molar-refractivity contribution is -0.0491. The molecule has 2 saturated carbocycles. The summed E-state index contributed by atoms with van der Waals surface area (Å²) in [6, 6.07) is 6.78. The highest BCUT2D eigenvalue weighted by molar-refractivity contribution is 7.92. The zero-order valence-electron chi connectivity index (χ0n) is 17.6. The Hall–Kier alpha value is -2.36. The first-order valence-corrected chi connectivity index (χ1v) is 12.4. The molecule has 2 aliphatic carbocycles. The number of aliphatic imine (C=N–C) groups is 1. The molecular weight excluding hydrogens is 474 g/mol. The van der Waals surface area contributed by atoms with E-state index in [9.17, 15) is 27.1 Å². The molecule has 0 aliphatic heterocycles. The first-order chi connectivity index (χ1) is 15.6. The highest BCUT2D eigenvalue weighted by atomic mass is 35.5. The molecule has 10 heteroatoms. The Morgan fingerprint density at radius 2 is 1.82 bits per heavy atom. The van der Waals surface area contributed by atoms with Gasteiger partial charge in [-0.05, 0) is 74.6 Å². The summed E-state index contributed by atoms with van der Waals surface area (Å²) in [5.41, 5.74) is -1.00. The van der Waals surface area contributed by atoms with Crippen molar-refractivity contribution >= 4 is 39.8 Å². The molecule has 2 fully saturated rings. The van der Waals surface area contributed by atoms with Crippen molar-refractivity contribution in [2.75, 3.05) is 11.9 Å². The fourth-order valence-electron chi connectivity index (χ4n) is 5.12. The Bertz CT molecular complexity index is 1210. The first kappa shape index (κ1) is 23.8. The second-order valence-corrected chi connectivity index (χ2v) is 11.3. The zero-order valence-corrected chi connectivity index (χ0v) is 19.2. The summed E-state index contributed by atoms with van der Waals surface area (Å²) in [5.74, 6) is -3.28. The Balaban J connectivity index is 1.59. The van der Waals surface area contributed by atoms with Crippen LogP contribution in [0.5, 0.6) is 0 Å². The number of carbonyl (C=O) groups excluding carboxylic acids is 1. The number of sulfone groups is 1. The van der Waals surface area contributed by atoms with E-state index in [4.69, 9.17) is 11.6 Å². The molecule has 2 atom stereocenters. The number of hydrogen-bond acceptors (Lipinski definition) is 5. The van der Waals surface area contributed by atoms with E-state index < -0.39 is 38.2 Å². The number of amides is 1. The molecule has 0 heterocycles. The zero-order chi connectivity index (χ0) is 24.0. The van der Waals surface area contributed by atoms with Crippen LogP contribution in [-0.2, 0) is 9.84 Å². The number of hydrogen-bond donors (Lipinski definition) is 2. The first-order valence-electron chi connectivity index (χ1n) is 10.5. The molecule has 0 saturated heterocycles. The van der Waals surface area contributed by atoms with Crippen molar-refractivity contribution < 1.29 is 27.1 Å². The number of carbonyl (C=O) groups is 1. The van der Waals surface area contributed by atoms with Crippen molar-refractivity contribution in [1.29, 1.82) is 0 Å². The number of halogens is 3. The van der Waals surface area contributed by atoms with Crippen LogP contribution in [0.4, 0.5) is 14.5 Å². The second kappa shape index (κ2) is 8.77. The van der Waals surface area contributed by atoms with Gasteiger partial charge in [-0.2, -0.15) is 0 Å². The summed E-state index contributed by atoms with van der Waals surface area (Å²) in [6.45, 7) is 3.64. The molecule has 0 spiro atoms. The summed E-state index contributed by atoms with van der Waals surface area (Å²) in [7, 11) is -3.90. The Kier molecular flexibility index (Phi) is 6.32. The molecule has 1 amide bonds. The van der Waals surface area contributed by atoms with Crippen LogP contribution in [0.2, 0.25) is 5.02 Å². The van der Waals surface area contributed by atoms with Gasteiger partial charge in [-0.15, -0.1) is 0 Å². The monoisotopic (exact) mass is 496 g/mol. The van der Waals surface area contributed by atoms with E-state index in [-0.39, 0.29) is 52.4 Å². The number of nitrogens with zero attached hydrogens (tertiary/aromatic N) is 1. The van der Waals surface area contributed by atoms with E-state index in [1.54, 1.807) is 0 Å². The minimum absolute atomic E-state index is 0.00820. The van der Waals surface area contributed by atoms with Gasteiger partial charge in [-0.25, -0.2) is 17.2 Å². The molecule has 33 heavy (non-hydrogen) atoms. The van der Waals surface area contributed by atoms with E-state index in [1.165, 1.54) is 24.3 Å². The topological polar surface area (TPSA) is 95.8 Å². The van der Waals surface area contributed by atoms with Crippen molar-refractivity contribution in [3.8, 4) is 0 Å². The van der Waals surface area contributed by atoms with Crippen LogP contribution >= 0.6 is 11.6 Å². The van der Waals surface area contributed by atoms with Crippen molar-refractivity contribution in [2.24, 2.45) is 16.8 Å². The molecule has 2 aromatic rings. The maximum Gasteiger partial charge on any atom is 0.255 e. The van der Waals surface area contributed by atoms with Crippen molar-refractivity contribution in [3.63, 3.8) is 0 Å². The van der Waals surface area contributed by atoms with Crippen LogP contribution in [-0.4, -0.2) is 43.5 Å². The standard InChI is InChI=1S/C23H23ClF2N2O4S/c1-27-12-23(30)14-3-4-15(23)10-17(9-14)33(31,32)21-8-13(2-6-18(21)24)22(29)28-16-5-7-19(25)20(26)11-16/h2,5-8,11,14-15,17,30H,1,3-4,9-10,12H2,(H,28,29). The number of rotatable bonds is 6. The Morgan fingerprint density at radius 1 is 1.15 bits per heavy atom. The summed E-state index contributed by atoms with van der Waals surface area (Å²) >= 11 is 6.22. The highest BCUT2D eigenvalue weighted by Gasteiger charge is 2.55. The molecule has 2 aromatic carbocycles. The van der Waals surface area contributed by atoms with Gasteiger partial charge in [0.2, 0.25) is 0 Å². The van der Waals surface area contributed by atoms with E-state index in [2.05, 4.69) is 17.0 Å². The summed E-state index contributed by atoms with van der Waals surface area (Å²) in [6.07, 6.45) is 1.97. The van der Waals surface area contributed by atoms with Crippen molar-refractivity contribution in [2.45, 2.75) is 41.4 Å². The Labute approximate surface area is 195 Å². The number of nitrogens with one attached hydrogen (secondary N) is 1. The van der Waals surface area contributed by atoms with Gasteiger partial charge in [0.05, 0.1) is 27.3 Å². The van der Waals surface area contributed by atoms with Crippen LogP contribution in [0.3, 0.4) is 0 Å². The van der Waals surface area contributed by atoms with Crippen molar-refractivity contribution in [3.05, 3.63) is 58.6 Å². The number of fused-ring (bicyclic) bond motifs is 2. The summed E-state index contributed by atoms with van der Waals surface area (Å²) in [4.78, 5) is 16.3. The maximum atomic E-state index is 13.5. The Morgan fingerprint density at radius 3 is 2.42 bits per heavy atom. The minimum atomic E-state index is -3.90. The van der Waals surface area contributed by atoms with E-state index >= 15 is 0 Å². The van der Waals surface area contributed by atoms with Gasteiger partial charge in [-0.1, -0.05) is 11.6 Å². The molecule has 4 rings (SSSR count). The minimum Gasteiger partial charge on any atom is -0.387 e. The van der Waals surface area contributed by atoms with Gasteiger partial charge >= 0.3 is 0 Å². The normalized spacial score (nSPS) is 26.7. The lowest BCUT2D eigenvalue weighted by atomic mass is 9.74. The van der Waals surface area contributed by atoms with Crippen LogP contribution in [0.25, 0.3) is 0 Å². The van der Waals surface area contributed by atoms with E-state index in [0.29, 0.717) is 12.8 Å². The average Bonchev–Trinajstić information content (AvgIpc) is 2.93. The molecule has 2 aliphatic rings. The molecule has 2 bridgehead atoms. The lowest BCUT2D eigenvalue weighted by Gasteiger charge is -2.41. The second-order valence-electron chi connectivity index (χ2n) is 8.71. The van der Waals surface area contributed by atoms with Crippen LogP contribution in [0, 0.1) is 23.5 Å². The van der Waals surface area contributed by atoms with Crippen LogP contribution in [0.1, 0.15) is 36.0 Å². The summed E-state index contributed by atoms with van der Waals surface area (Å²) < 4.78 is 53.5. The molecular formula is C23H23ClF2N2O4S. The predicted molar refractivity (Wildman–Crippen MR) is 122 cm³/mol. The smallest absolute Gasteiger partial charge is 0.255 e. The molecule has 0 aromatic heterocycles. The van der Waals surface area contributed by atoms with Gasteiger partial charge < -0.3 is 10.4 Å². The lowest BCUT2D eigenvalue weighted by Crippen LogP contribution is -2.50. The third-order valence-corrected chi connectivity index (χ3v) is 9.51. The maximum absolute atomic E-state index is 13.5. The van der Waals surface area contributed by atoms with Gasteiger partial charge in [-0.3, -0.25) is 9.79 Å². The van der Waals surface area contributed by atoms with E-state index in [0.717, 1.165) is 12.1 Å². The SMILES string of the molecule is C=NCC1(O)C2CCC1CC(S(=O)(=O)c1cc(C(=O)Nc3ccc(F)c(F)c3)ccc1Cl)C2. The van der Waals surface area contributed by atoms with E-state index in [1.807, 2.05) is 0 Å². The molecule has 2 unspecified atom stereocenters. The summed E-state index contributed by atoms with van der Waals surface area (Å²) in [5, 5.41) is 12.7. The van der Waals surface area contributed by atoms with Crippen LogP contribution < -0.4 is 5.32 Å². The molecule has 176 valence electrons. The third kappa shape index (κ3) is 4.29. The highest BCUT2D eigenvalue weighted by Crippen LogP contribution is 2.52. The fraction of sp³-hybridized carbons (Fsp3) is 0.391. The van der Waals surface area contributed by atoms with Gasteiger partial charge in [0, 0.05) is 17.3 Å². The number of aliphatic hydroxyl groups is 1. The number of benzene rings is 2. The largest absolute Gasteiger partial charge is 0.387 e. The van der Waals surface area contributed by atoms with Crippen LogP contribution in [0.15, 0.2) is 46.3 Å². The number of anilines is 1. The quantitative estimate of drug-likeness (QED) is 0.584. The average molecular weight is 497 g/mol. The fourth-order valence-corrected chi connectivity index (χ4v) is 7.52. The predicted octanol–water partition coefficient (Wildman–Crippen LogP) is 4.26. The molecule has 6 nitrogen and oxygen atoms in total. The van der Waals surface area contributed by atoms with Gasteiger partial charge in [0.25, 0.3) is 5.91 Å². The molecule has 2 N–H and O–H groups in total. The van der Waals surface area contributed by atoms with Gasteiger partial charge in [0.1, 0.15) is 0 Å².